The van der Waals surface area contributed by atoms with Crippen molar-refractivity contribution in [1.82, 2.24) is 4.98 Å². The molecule has 2 rings (SSSR count). The summed E-state index contributed by atoms with van der Waals surface area (Å²) < 4.78 is 5.39. The van der Waals surface area contributed by atoms with Gasteiger partial charge in [-0.3, -0.25) is 0 Å². The zero-order chi connectivity index (χ0) is 9.97. The highest BCUT2D eigenvalue weighted by molar-refractivity contribution is 6.58. The maximum Gasteiger partial charge on any atom is 0.488 e. The van der Waals surface area contributed by atoms with Gasteiger partial charge in [0.05, 0.1) is 6.61 Å². The Hall–Kier alpha value is -1.07. The molecule has 1 saturated carbocycles. The van der Waals surface area contributed by atoms with E-state index < -0.39 is 7.12 Å². The lowest BCUT2D eigenvalue weighted by molar-refractivity contribution is 0.288. The van der Waals surface area contributed by atoms with Crippen LogP contribution in [0.4, 0.5) is 0 Å². The third-order valence-electron chi connectivity index (χ3n) is 2.22. The Kier molecular flexibility index (Phi) is 2.70. The van der Waals surface area contributed by atoms with E-state index in [4.69, 9.17) is 14.8 Å². The molecule has 0 spiro atoms. The maximum atomic E-state index is 8.91. The van der Waals surface area contributed by atoms with Crippen molar-refractivity contribution in [2.45, 2.75) is 12.8 Å². The van der Waals surface area contributed by atoms with Gasteiger partial charge in [0.1, 0.15) is 0 Å². The van der Waals surface area contributed by atoms with Crippen LogP contribution in [-0.2, 0) is 0 Å². The molecule has 0 atom stereocenters. The van der Waals surface area contributed by atoms with Gasteiger partial charge < -0.3 is 14.8 Å². The second-order valence-electron chi connectivity index (χ2n) is 3.56. The molecule has 0 bridgehead atoms. The van der Waals surface area contributed by atoms with E-state index in [1.807, 2.05) is 0 Å². The number of ether oxygens (including phenoxy) is 1. The quantitative estimate of drug-likeness (QED) is 0.635. The first kappa shape index (κ1) is 9.49. The predicted octanol–water partition coefficient (Wildman–Crippen LogP) is -0.450. The van der Waals surface area contributed by atoms with Crippen molar-refractivity contribution in [2.75, 3.05) is 6.61 Å². The number of hydrogen-bond acceptors (Lipinski definition) is 4. The van der Waals surface area contributed by atoms with Gasteiger partial charge in [-0.05, 0) is 30.3 Å². The molecule has 1 aromatic rings. The first-order chi connectivity index (χ1) is 6.75. The highest BCUT2D eigenvalue weighted by Crippen LogP contribution is 2.28. The lowest BCUT2D eigenvalue weighted by Gasteiger charge is -2.05. The van der Waals surface area contributed by atoms with Crippen molar-refractivity contribution in [3.63, 3.8) is 0 Å². The van der Waals surface area contributed by atoms with Crippen molar-refractivity contribution in [1.29, 1.82) is 0 Å². The molecule has 2 N–H and O–H groups in total. The summed E-state index contributed by atoms with van der Waals surface area (Å²) >= 11 is 0. The topological polar surface area (TPSA) is 62.6 Å². The normalized spacial score (nSPS) is 15.3. The average molecular weight is 193 g/mol. The summed E-state index contributed by atoms with van der Waals surface area (Å²) in [6.07, 6.45) is 3.96. The van der Waals surface area contributed by atoms with Crippen LogP contribution < -0.4 is 10.2 Å². The molecule has 0 radical (unpaired) electrons. The number of pyridine rings is 1. The van der Waals surface area contributed by atoms with E-state index in [2.05, 4.69) is 4.98 Å². The maximum absolute atomic E-state index is 8.91. The van der Waals surface area contributed by atoms with Crippen LogP contribution >= 0.6 is 0 Å². The molecule has 5 heteroatoms. The molecule has 14 heavy (non-hydrogen) atoms. The minimum absolute atomic E-state index is 0.408. The zero-order valence-electron chi connectivity index (χ0n) is 7.76. The summed E-state index contributed by atoms with van der Waals surface area (Å²) in [5.74, 6) is 1.13. The van der Waals surface area contributed by atoms with E-state index in [0.29, 0.717) is 23.9 Å². The summed E-state index contributed by atoms with van der Waals surface area (Å²) in [5.41, 5.74) is 0.408. The first-order valence-electron chi connectivity index (χ1n) is 4.70. The van der Waals surface area contributed by atoms with Crippen LogP contribution in [0.25, 0.3) is 0 Å². The molecule has 1 aliphatic rings. The van der Waals surface area contributed by atoms with Gasteiger partial charge in [-0.15, -0.1) is 0 Å². The Labute approximate surface area is 82.7 Å². The van der Waals surface area contributed by atoms with E-state index in [1.165, 1.54) is 19.0 Å². The highest BCUT2D eigenvalue weighted by atomic mass is 16.5. The van der Waals surface area contributed by atoms with E-state index in [0.717, 1.165) is 0 Å². The Balaban J connectivity index is 1.97. The van der Waals surface area contributed by atoms with Crippen LogP contribution in [-0.4, -0.2) is 28.8 Å². The first-order valence-corrected chi connectivity index (χ1v) is 4.70. The van der Waals surface area contributed by atoms with Crippen molar-refractivity contribution in [3.8, 4) is 5.88 Å². The fourth-order valence-electron chi connectivity index (χ4n) is 1.15. The summed E-state index contributed by atoms with van der Waals surface area (Å²) in [6.45, 7) is 0.679. The molecule has 1 fully saturated rings. The molecule has 0 aromatic carbocycles. The van der Waals surface area contributed by atoms with Gasteiger partial charge in [-0.2, -0.15) is 0 Å². The lowest BCUT2D eigenvalue weighted by atomic mass is 9.81. The Morgan fingerprint density at radius 3 is 2.93 bits per heavy atom. The van der Waals surface area contributed by atoms with Crippen LogP contribution in [0, 0.1) is 5.92 Å². The smallest absolute Gasteiger partial charge is 0.477 e. The summed E-state index contributed by atoms with van der Waals surface area (Å²) in [6, 6.07) is 3.10. The molecule has 1 heterocycles. The van der Waals surface area contributed by atoms with Gasteiger partial charge in [-0.25, -0.2) is 4.98 Å². The fourth-order valence-corrected chi connectivity index (χ4v) is 1.15. The number of nitrogens with zero attached hydrogens (tertiary/aromatic N) is 1. The minimum atomic E-state index is -1.46. The van der Waals surface area contributed by atoms with Crippen molar-refractivity contribution >= 4 is 12.6 Å². The van der Waals surface area contributed by atoms with Crippen molar-refractivity contribution < 1.29 is 14.8 Å². The molecule has 0 unspecified atom stereocenters. The zero-order valence-corrected chi connectivity index (χ0v) is 7.76. The SMILES string of the molecule is OB(O)c1ccnc(OCC2CC2)c1. The van der Waals surface area contributed by atoms with Gasteiger partial charge in [-0.1, -0.05) is 0 Å². The van der Waals surface area contributed by atoms with Crippen LogP contribution in [0.15, 0.2) is 18.3 Å². The van der Waals surface area contributed by atoms with Gasteiger partial charge in [0.15, 0.2) is 0 Å². The van der Waals surface area contributed by atoms with Gasteiger partial charge in [0.2, 0.25) is 5.88 Å². The summed E-state index contributed by atoms with van der Waals surface area (Å²) in [5, 5.41) is 17.8. The molecule has 4 nitrogen and oxygen atoms in total. The molecular weight excluding hydrogens is 181 g/mol. The Bertz CT molecular complexity index is 315. The Morgan fingerprint density at radius 2 is 2.29 bits per heavy atom. The van der Waals surface area contributed by atoms with Gasteiger partial charge in [0.25, 0.3) is 0 Å². The van der Waals surface area contributed by atoms with E-state index in [9.17, 15) is 0 Å². The van der Waals surface area contributed by atoms with E-state index >= 15 is 0 Å². The average Bonchev–Trinajstić information content (AvgIpc) is 2.99. The third kappa shape index (κ3) is 2.46. The van der Waals surface area contributed by atoms with Crippen LogP contribution in [0.1, 0.15) is 12.8 Å². The van der Waals surface area contributed by atoms with Gasteiger partial charge in [0, 0.05) is 12.3 Å². The molecular formula is C9H12BNO3. The second kappa shape index (κ2) is 3.98. The molecule has 1 aromatic heterocycles. The predicted molar refractivity (Wildman–Crippen MR) is 52.3 cm³/mol. The standard InChI is InChI=1S/C9H12BNO3/c12-10(13)8-3-4-11-9(5-8)14-6-7-1-2-7/h3-5,7,12-13H,1-2,6H2. The summed E-state index contributed by atoms with van der Waals surface area (Å²) in [4.78, 5) is 3.98. The molecule has 0 amide bonds. The lowest BCUT2D eigenvalue weighted by Crippen LogP contribution is -2.29. The third-order valence-corrected chi connectivity index (χ3v) is 2.22. The molecule has 74 valence electrons. The van der Waals surface area contributed by atoms with Crippen LogP contribution in [0.3, 0.4) is 0 Å². The number of hydrogen-bond donors (Lipinski definition) is 2. The van der Waals surface area contributed by atoms with E-state index in [-0.39, 0.29) is 0 Å². The monoisotopic (exact) mass is 193 g/mol. The fraction of sp³-hybridized carbons (Fsp3) is 0.444. The van der Waals surface area contributed by atoms with Crippen LogP contribution in [0.2, 0.25) is 0 Å². The summed E-state index contributed by atoms with van der Waals surface area (Å²) in [7, 11) is -1.46. The number of aromatic nitrogens is 1. The largest absolute Gasteiger partial charge is 0.488 e. The van der Waals surface area contributed by atoms with Crippen molar-refractivity contribution in [2.24, 2.45) is 5.92 Å². The molecule has 0 aliphatic heterocycles. The second-order valence-corrected chi connectivity index (χ2v) is 3.56. The number of rotatable bonds is 4. The Morgan fingerprint density at radius 1 is 1.50 bits per heavy atom. The highest BCUT2D eigenvalue weighted by Gasteiger charge is 2.22. The molecule has 1 aliphatic carbocycles. The van der Waals surface area contributed by atoms with Crippen LogP contribution in [0.5, 0.6) is 5.88 Å². The van der Waals surface area contributed by atoms with Crippen molar-refractivity contribution in [3.05, 3.63) is 18.3 Å². The van der Waals surface area contributed by atoms with E-state index in [1.54, 1.807) is 12.1 Å². The minimum Gasteiger partial charge on any atom is -0.477 e. The molecule has 0 saturated heterocycles. The van der Waals surface area contributed by atoms with Gasteiger partial charge >= 0.3 is 7.12 Å².